The van der Waals surface area contributed by atoms with Crippen molar-refractivity contribution in [2.45, 2.75) is 39.6 Å². The zero-order chi connectivity index (χ0) is 22.6. The number of fused-ring (bicyclic) bond motifs is 1. The van der Waals surface area contributed by atoms with E-state index in [1.54, 1.807) is 12.1 Å². The number of benzene rings is 1. The number of amides is 1. The highest BCUT2D eigenvalue weighted by Gasteiger charge is 2.31. The molecule has 1 amide bonds. The summed E-state index contributed by atoms with van der Waals surface area (Å²) in [5.74, 6) is 0.0272. The van der Waals surface area contributed by atoms with Crippen LogP contribution in [0, 0.1) is 0 Å². The number of aromatic amines is 1. The number of H-pyrrole nitrogens is 1. The molecule has 1 aliphatic heterocycles. The van der Waals surface area contributed by atoms with Crippen LogP contribution in [0.4, 0.5) is 19.0 Å². The van der Waals surface area contributed by atoms with Crippen molar-refractivity contribution in [2.24, 2.45) is 0 Å². The average molecular weight is 438 g/mol. The van der Waals surface area contributed by atoms with Gasteiger partial charge in [-0.3, -0.25) is 9.36 Å². The van der Waals surface area contributed by atoms with E-state index >= 15 is 0 Å². The minimum Gasteiger partial charge on any atom is -0.406 e. The third-order valence-electron chi connectivity index (χ3n) is 4.94. The second-order valence-electron chi connectivity index (χ2n) is 7.22. The van der Waals surface area contributed by atoms with E-state index < -0.39 is 12.1 Å². The normalized spacial score (nSPS) is 13.6. The van der Waals surface area contributed by atoms with Gasteiger partial charge in [0.05, 0.1) is 5.69 Å². The van der Waals surface area contributed by atoms with Crippen LogP contribution in [0.3, 0.4) is 0 Å². The maximum Gasteiger partial charge on any atom is 0.573 e. The number of carbonyl (C=O) groups excluding carboxylic acids is 1. The highest BCUT2D eigenvalue weighted by molar-refractivity contribution is 5.89. The van der Waals surface area contributed by atoms with E-state index in [0.717, 1.165) is 18.4 Å². The number of anilines is 1. The monoisotopic (exact) mass is 438 g/mol. The summed E-state index contributed by atoms with van der Waals surface area (Å²) < 4.78 is 43.1. The Balaban J connectivity index is 1.90. The molecule has 2 N–H and O–H groups in total. The number of aromatic nitrogens is 2. The first-order valence-electron chi connectivity index (χ1n) is 10.1. The predicted octanol–water partition coefficient (Wildman–Crippen LogP) is 3.37. The van der Waals surface area contributed by atoms with Crippen molar-refractivity contribution in [3.63, 3.8) is 0 Å². The van der Waals surface area contributed by atoms with Crippen LogP contribution in [0.15, 0.2) is 29.1 Å². The molecule has 0 saturated heterocycles. The number of nitrogens with one attached hydrogen (secondary N) is 2. The smallest absolute Gasteiger partial charge is 0.406 e. The van der Waals surface area contributed by atoms with Crippen LogP contribution in [0.5, 0.6) is 5.75 Å². The number of unbranched alkanes of at least 4 members (excludes halogenated alkanes) is 1. The third kappa shape index (κ3) is 5.50. The molecule has 0 bridgehead atoms. The van der Waals surface area contributed by atoms with Gasteiger partial charge < -0.3 is 19.9 Å². The maximum absolute atomic E-state index is 12.6. The predicted molar refractivity (Wildman–Crippen MR) is 112 cm³/mol. The van der Waals surface area contributed by atoms with Gasteiger partial charge in [0.2, 0.25) is 5.91 Å². The van der Waals surface area contributed by atoms with Crippen LogP contribution in [0.1, 0.15) is 37.9 Å². The van der Waals surface area contributed by atoms with Gasteiger partial charge in [0.25, 0.3) is 0 Å². The van der Waals surface area contributed by atoms with Crippen LogP contribution in [0.2, 0.25) is 0 Å². The molecule has 1 aromatic carbocycles. The molecule has 1 aliphatic rings. The van der Waals surface area contributed by atoms with Gasteiger partial charge in [0.1, 0.15) is 18.1 Å². The molecule has 2 aromatic rings. The lowest BCUT2D eigenvalue weighted by Gasteiger charge is -2.29. The van der Waals surface area contributed by atoms with Crippen LogP contribution in [-0.2, 0) is 11.3 Å². The zero-order valence-electron chi connectivity index (χ0n) is 17.4. The lowest BCUT2D eigenvalue weighted by Crippen LogP contribution is -2.36. The summed E-state index contributed by atoms with van der Waals surface area (Å²) in [6.45, 7) is 5.27. The first-order chi connectivity index (χ1) is 14.7. The van der Waals surface area contributed by atoms with Crippen molar-refractivity contribution in [3.8, 4) is 5.75 Å². The van der Waals surface area contributed by atoms with Gasteiger partial charge in [-0.25, -0.2) is 4.79 Å². The topological polar surface area (TPSA) is 79.4 Å². The van der Waals surface area contributed by atoms with Crippen molar-refractivity contribution in [1.29, 1.82) is 0 Å². The summed E-state index contributed by atoms with van der Waals surface area (Å²) in [5, 5.41) is 2.80. The first kappa shape index (κ1) is 22.5. The first-order valence-corrected chi connectivity index (χ1v) is 10.1. The van der Waals surface area contributed by atoms with Crippen molar-refractivity contribution in [1.82, 2.24) is 14.9 Å². The van der Waals surface area contributed by atoms with E-state index in [2.05, 4.69) is 15.0 Å². The van der Waals surface area contributed by atoms with E-state index in [4.69, 9.17) is 0 Å². The summed E-state index contributed by atoms with van der Waals surface area (Å²) >= 11 is 0. The van der Waals surface area contributed by atoms with Gasteiger partial charge in [-0.1, -0.05) is 25.5 Å². The number of imidazole rings is 1. The fourth-order valence-corrected chi connectivity index (χ4v) is 3.50. The molecule has 0 unspecified atom stereocenters. The molecule has 0 radical (unpaired) electrons. The van der Waals surface area contributed by atoms with Crippen molar-refractivity contribution in [3.05, 3.63) is 46.0 Å². The Morgan fingerprint density at radius 3 is 2.74 bits per heavy atom. The molecule has 0 atom stereocenters. The molecular formula is C21H25F3N4O3. The molecule has 168 valence electrons. The Morgan fingerprint density at radius 1 is 1.29 bits per heavy atom. The molecule has 0 spiro atoms. The summed E-state index contributed by atoms with van der Waals surface area (Å²) in [5.41, 5.74) is 1.37. The molecule has 0 fully saturated rings. The van der Waals surface area contributed by atoms with Crippen molar-refractivity contribution in [2.75, 3.05) is 24.5 Å². The van der Waals surface area contributed by atoms with E-state index in [-0.39, 0.29) is 18.2 Å². The fraction of sp³-hybridized carbons (Fsp3) is 0.429. The van der Waals surface area contributed by atoms with Gasteiger partial charge in [-0.05, 0) is 42.7 Å². The second kappa shape index (κ2) is 9.32. The van der Waals surface area contributed by atoms with E-state index in [9.17, 15) is 22.8 Å². The molecule has 7 nitrogen and oxygen atoms in total. The Kier molecular flexibility index (Phi) is 6.77. The number of rotatable bonds is 8. The number of nitrogens with zero attached hydrogens (tertiary/aromatic N) is 2. The summed E-state index contributed by atoms with van der Waals surface area (Å²) in [6, 6.07) is 5.72. The SMILES string of the molecule is CCCCNC(=O)Cn1c2c([nH]c1=O)C=C(c1cccc(OC(F)(F)F)c1)CN2CC. The van der Waals surface area contributed by atoms with Crippen LogP contribution in [-0.4, -0.2) is 41.5 Å². The minimum absolute atomic E-state index is 0.108. The van der Waals surface area contributed by atoms with Gasteiger partial charge in [0, 0.05) is 19.6 Å². The van der Waals surface area contributed by atoms with Crippen LogP contribution in [0.25, 0.3) is 11.6 Å². The molecule has 3 rings (SSSR count). The van der Waals surface area contributed by atoms with Crippen LogP contribution < -0.4 is 20.6 Å². The summed E-state index contributed by atoms with van der Waals surface area (Å²) in [7, 11) is 0. The standard InChI is InChI=1S/C21H25F3N4O3/c1-3-5-9-25-18(29)13-28-19-17(26-20(28)30)11-15(12-27(19)4-2)14-7-6-8-16(10-14)31-21(22,23)24/h6-8,10-11H,3-5,9,12-13H2,1-2H3,(H,25,29)(H,26,30). The number of likely N-dealkylation sites (N-methyl/N-ethyl adjacent to an activating group) is 1. The second-order valence-corrected chi connectivity index (χ2v) is 7.22. The minimum atomic E-state index is -4.78. The largest absolute Gasteiger partial charge is 0.573 e. The Labute approximate surface area is 177 Å². The number of carbonyl (C=O) groups is 1. The summed E-state index contributed by atoms with van der Waals surface area (Å²) in [4.78, 5) is 29.4. The summed E-state index contributed by atoms with van der Waals surface area (Å²) in [6.07, 6.45) is -1.24. The average Bonchev–Trinajstić information content (AvgIpc) is 3.01. The lowest BCUT2D eigenvalue weighted by molar-refractivity contribution is -0.274. The van der Waals surface area contributed by atoms with Gasteiger partial charge in [-0.2, -0.15) is 0 Å². The number of hydrogen-bond acceptors (Lipinski definition) is 4. The van der Waals surface area contributed by atoms with Crippen molar-refractivity contribution >= 4 is 23.4 Å². The lowest BCUT2D eigenvalue weighted by atomic mass is 10.0. The number of halogens is 3. The third-order valence-corrected chi connectivity index (χ3v) is 4.94. The zero-order valence-corrected chi connectivity index (χ0v) is 17.4. The van der Waals surface area contributed by atoms with Crippen LogP contribution >= 0.6 is 0 Å². The highest BCUT2D eigenvalue weighted by Crippen LogP contribution is 2.33. The fourth-order valence-electron chi connectivity index (χ4n) is 3.50. The Bertz CT molecular complexity index is 1020. The number of hydrogen-bond donors (Lipinski definition) is 2. The Hall–Kier alpha value is -3.17. The highest BCUT2D eigenvalue weighted by atomic mass is 19.4. The molecule has 10 heteroatoms. The van der Waals surface area contributed by atoms with Crippen molar-refractivity contribution < 1.29 is 22.7 Å². The molecule has 1 aromatic heterocycles. The Morgan fingerprint density at radius 2 is 2.06 bits per heavy atom. The van der Waals surface area contributed by atoms with Gasteiger partial charge in [0.15, 0.2) is 0 Å². The van der Waals surface area contributed by atoms with E-state index in [1.807, 2.05) is 18.7 Å². The number of alkyl halides is 3. The molecular weight excluding hydrogens is 413 g/mol. The van der Waals surface area contributed by atoms with E-state index in [1.165, 1.54) is 22.8 Å². The molecule has 0 saturated carbocycles. The molecule has 2 heterocycles. The quantitative estimate of drug-likeness (QED) is 0.620. The van der Waals surface area contributed by atoms with E-state index in [0.29, 0.717) is 36.7 Å². The van der Waals surface area contributed by atoms with Gasteiger partial charge in [-0.15, -0.1) is 13.2 Å². The molecule has 31 heavy (non-hydrogen) atoms. The van der Waals surface area contributed by atoms with Gasteiger partial charge >= 0.3 is 12.1 Å². The maximum atomic E-state index is 12.6. The molecule has 0 aliphatic carbocycles. The number of ether oxygens (including phenoxy) is 1.